The van der Waals surface area contributed by atoms with Gasteiger partial charge in [0, 0.05) is 19.1 Å². The smallest absolute Gasteiger partial charge is 0.161 e. The summed E-state index contributed by atoms with van der Waals surface area (Å²) in [5.41, 5.74) is 2.34. The summed E-state index contributed by atoms with van der Waals surface area (Å²) in [5, 5.41) is 0. The summed E-state index contributed by atoms with van der Waals surface area (Å²) in [7, 11) is 5.02. The molecule has 0 saturated carbocycles. The molecule has 1 aliphatic rings. The standard InChI is InChI=1S/C16H22O4/c1-11-12(5-8-16(19-4)20-11)9-13-10-14(17-2)6-7-15(13)18-3/h5-7,10-11,16H,8-9H2,1-4H3/t11-,16+/m0/s1. The van der Waals surface area contributed by atoms with Crippen molar-refractivity contribution in [3.05, 3.63) is 35.4 Å². The van der Waals surface area contributed by atoms with Gasteiger partial charge in [0.1, 0.15) is 11.5 Å². The van der Waals surface area contributed by atoms with Gasteiger partial charge in [-0.1, -0.05) is 6.08 Å². The van der Waals surface area contributed by atoms with Gasteiger partial charge in [0.05, 0.1) is 20.3 Å². The van der Waals surface area contributed by atoms with E-state index >= 15 is 0 Å². The van der Waals surface area contributed by atoms with E-state index in [9.17, 15) is 0 Å². The van der Waals surface area contributed by atoms with Gasteiger partial charge in [-0.05, 0) is 37.1 Å². The number of hydrogen-bond acceptors (Lipinski definition) is 4. The molecule has 4 nitrogen and oxygen atoms in total. The van der Waals surface area contributed by atoms with Gasteiger partial charge in [-0.15, -0.1) is 0 Å². The molecular weight excluding hydrogens is 256 g/mol. The van der Waals surface area contributed by atoms with Gasteiger partial charge in [0.15, 0.2) is 6.29 Å². The van der Waals surface area contributed by atoms with Crippen molar-refractivity contribution < 1.29 is 18.9 Å². The van der Waals surface area contributed by atoms with Crippen molar-refractivity contribution in [3.63, 3.8) is 0 Å². The molecule has 0 saturated heterocycles. The van der Waals surface area contributed by atoms with Crippen LogP contribution in [0.2, 0.25) is 0 Å². The van der Waals surface area contributed by atoms with E-state index in [1.165, 1.54) is 5.57 Å². The summed E-state index contributed by atoms with van der Waals surface area (Å²) in [6.07, 6.45) is 3.67. The lowest BCUT2D eigenvalue weighted by atomic mass is 9.97. The van der Waals surface area contributed by atoms with E-state index in [4.69, 9.17) is 18.9 Å². The van der Waals surface area contributed by atoms with Crippen LogP contribution in [-0.4, -0.2) is 33.7 Å². The maximum atomic E-state index is 5.79. The Kier molecular flexibility index (Phi) is 5.04. The molecule has 1 heterocycles. The van der Waals surface area contributed by atoms with Crippen molar-refractivity contribution in [3.8, 4) is 11.5 Å². The zero-order valence-corrected chi connectivity index (χ0v) is 12.5. The summed E-state index contributed by atoms with van der Waals surface area (Å²) in [6.45, 7) is 2.05. The number of methoxy groups -OCH3 is 3. The Hall–Kier alpha value is -1.52. The molecule has 0 radical (unpaired) electrons. The summed E-state index contributed by atoms with van der Waals surface area (Å²) >= 11 is 0. The second-order valence-electron chi connectivity index (χ2n) is 4.81. The Morgan fingerprint density at radius 1 is 1.20 bits per heavy atom. The molecular formula is C16H22O4. The Morgan fingerprint density at radius 2 is 2.00 bits per heavy atom. The molecule has 0 spiro atoms. The molecule has 20 heavy (non-hydrogen) atoms. The van der Waals surface area contributed by atoms with Crippen LogP contribution in [0.3, 0.4) is 0 Å². The first-order valence-electron chi connectivity index (χ1n) is 6.76. The predicted octanol–water partition coefficient (Wildman–Crippen LogP) is 2.95. The normalized spacial score (nSPS) is 22.3. The molecule has 0 unspecified atom stereocenters. The van der Waals surface area contributed by atoms with E-state index in [0.29, 0.717) is 0 Å². The van der Waals surface area contributed by atoms with Crippen LogP contribution < -0.4 is 9.47 Å². The molecule has 4 heteroatoms. The van der Waals surface area contributed by atoms with E-state index < -0.39 is 0 Å². The van der Waals surface area contributed by atoms with Crippen LogP contribution in [0.15, 0.2) is 29.8 Å². The van der Waals surface area contributed by atoms with Crippen molar-refractivity contribution in [2.75, 3.05) is 21.3 Å². The quantitative estimate of drug-likeness (QED) is 0.776. The van der Waals surface area contributed by atoms with Gasteiger partial charge in [0.2, 0.25) is 0 Å². The minimum Gasteiger partial charge on any atom is -0.497 e. The minimum absolute atomic E-state index is 0.0459. The maximum absolute atomic E-state index is 5.79. The monoisotopic (exact) mass is 278 g/mol. The fourth-order valence-corrected chi connectivity index (χ4v) is 2.39. The van der Waals surface area contributed by atoms with Crippen LogP contribution >= 0.6 is 0 Å². The average Bonchev–Trinajstić information content (AvgIpc) is 2.49. The zero-order valence-electron chi connectivity index (χ0n) is 12.5. The van der Waals surface area contributed by atoms with Gasteiger partial charge in [0.25, 0.3) is 0 Å². The molecule has 110 valence electrons. The Bertz CT molecular complexity index is 481. The summed E-state index contributed by atoms with van der Waals surface area (Å²) in [6, 6.07) is 5.84. The van der Waals surface area contributed by atoms with E-state index in [1.807, 2.05) is 25.1 Å². The van der Waals surface area contributed by atoms with Crippen LogP contribution in [0.5, 0.6) is 11.5 Å². The SMILES string of the molecule is COc1ccc(OC)c(CC2=CC[C@H](OC)O[C@H]2C)c1. The zero-order chi connectivity index (χ0) is 14.5. The molecule has 1 aromatic carbocycles. The molecule has 0 fully saturated rings. The fourth-order valence-electron chi connectivity index (χ4n) is 2.39. The van der Waals surface area contributed by atoms with Crippen LogP contribution in [0.4, 0.5) is 0 Å². The highest BCUT2D eigenvalue weighted by atomic mass is 16.7. The molecule has 0 N–H and O–H groups in total. The van der Waals surface area contributed by atoms with Crippen LogP contribution in [-0.2, 0) is 15.9 Å². The Balaban J connectivity index is 2.19. The van der Waals surface area contributed by atoms with E-state index in [2.05, 4.69) is 6.08 Å². The third kappa shape index (κ3) is 3.32. The largest absolute Gasteiger partial charge is 0.497 e. The predicted molar refractivity (Wildman–Crippen MR) is 77.3 cm³/mol. The first kappa shape index (κ1) is 14.9. The Morgan fingerprint density at radius 3 is 2.60 bits per heavy atom. The van der Waals surface area contributed by atoms with E-state index in [0.717, 1.165) is 29.9 Å². The average molecular weight is 278 g/mol. The highest BCUT2D eigenvalue weighted by molar-refractivity contribution is 5.42. The summed E-state index contributed by atoms with van der Waals surface area (Å²) < 4.78 is 21.7. The number of benzene rings is 1. The highest BCUT2D eigenvalue weighted by Crippen LogP contribution is 2.29. The molecule has 0 aromatic heterocycles. The number of rotatable bonds is 5. The topological polar surface area (TPSA) is 36.9 Å². The lowest BCUT2D eigenvalue weighted by Crippen LogP contribution is -2.27. The molecule has 1 aromatic rings. The van der Waals surface area contributed by atoms with Crippen LogP contribution in [0.25, 0.3) is 0 Å². The first-order valence-corrected chi connectivity index (χ1v) is 6.76. The van der Waals surface area contributed by atoms with Gasteiger partial charge in [-0.3, -0.25) is 0 Å². The van der Waals surface area contributed by atoms with Crippen LogP contribution in [0.1, 0.15) is 18.9 Å². The molecule has 2 rings (SSSR count). The lowest BCUT2D eigenvalue weighted by Gasteiger charge is -2.28. The summed E-state index contributed by atoms with van der Waals surface area (Å²) in [5.74, 6) is 1.70. The van der Waals surface area contributed by atoms with E-state index in [-0.39, 0.29) is 12.4 Å². The maximum Gasteiger partial charge on any atom is 0.161 e. The van der Waals surface area contributed by atoms with Gasteiger partial charge >= 0.3 is 0 Å². The summed E-state index contributed by atoms with van der Waals surface area (Å²) in [4.78, 5) is 0. The molecule has 2 atom stereocenters. The first-order chi connectivity index (χ1) is 9.67. The number of hydrogen-bond donors (Lipinski definition) is 0. The fraction of sp³-hybridized carbons (Fsp3) is 0.500. The minimum atomic E-state index is -0.138. The van der Waals surface area contributed by atoms with E-state index in [1.54, 1.807) is 21.3 Å². The second-order valence-corrected chi connectivity index (χ2v) is 4.81. The highest BCUT2D eigenvalue weighted by Gasteiger charge is 2.22. The van der Waals surface area contributed by atoms with Crippen molar-refractivity contribution in [1.29, 1.82) is 0 Å². The Labute approximate surface area is 120 Å². The molecule has 1 aliphatic heterocycles. The van der Waals surface area contributed by atoms with Crippen molar-refractivity contribution in [2.45, 2.75) is 32.2 Å². The molecule has 0 amide bonds. The number of ether oxygens (including phenoxy) is 4. The van der Waals surface area contributed by atoms with Gasteiger partial charge in [-0.25, -0.2) is 0 Å². The third-order valence-electron chi connectivity index (χ3n) is 3.60. The molecule has 0 aliphatic carbocycles. The van der Waals surface area contributed by atoms with Crippen molar-refractivity contribution in [2.24, 2.45) is 0 Å². The van der Waals surface area contributed by atoms with Crippen LogP contribution in [0, 0.1) is 0 Å². The second kappa shape index (κ2) is 6.77. The van der Waals surface area contributed by atoms with Crippen molar-refractivity contribution >= 4 is 0 Å². The van der Waals surface area contributed by atoms with Crippen molar-refractivity contribution in [1.82, 2.24) is 0 Å². The third-order valence-corrected chi connectivity index (χ3v) is 3.60. The lowest BCUT2D eigenvalue weighted by molar-refractivity contribution is -0.146. The molecule has 0 bridgehead atoms. The van der Waals surface area contributed by atoms with Gasteiger partial charge in [-0.2, -0.15) is 0 Å². The van der Waals surface area contributed by atoms with Gasteiger partial charge < -0.3 is 18.9 Å².